The number of rotatable bonds is 3. The monoisotopic (exact) mass is 258 g/mol. The van der Waals surface area contributed by atoms with Gasteiger partial charge in [0.2, 0.25) is 0 Å². The zero-order valence-electron chi connectivity index (χ0n) is 11.7. The molecular weight excluding hydrogens is 236 g/mol. The topological polar surface area (TPSA) is 37.0 Å². The zero-order chi connectivity index (χ0) is 13.3. The van der Waals surface area contributed by atoms with Crippen LogP contribution in [-0.2, 0) is 11.3 Å². The molecule has 3 heteroatoms. The van der Waals surface area contributed by atoms with E-state index in [1.165, 1.54) is 16.5 Å². The van der Waals surface area contributed by atoms with Crippen molar-refractivity contribution >= 4 is 10.9 Å². The van der Waals surface area contributed by atoms with Crippen molar-refractivity contribution in [2.24, 2.45) is 0 Å². The van der Waals surface area contributed by atoms with Gasteiger partial charge in [0.05, 0.1) is 5.60 Å². The summed E-state index contributed by atoms with van der Waals surface area (Å²) in [5, 5.41) is 4.99. The van der Waals surface area contributed by atoms with Crippen molar-refractivity contribution in [3.63, 3.8) is 0 Å². The normalized spacial score (nSPS) is 22.7. The molecule has 1 unspecified atom stereocenters. The maximum atomic E-state index is 5.76. The first-order valence-corrected chi connectivity index (χ1v) is 7.06. The Bertz CT molecular complexity index is 559. The molecule has 0 spiro atoms. The molecule has 1 aliphatic heterocycles. The Labute approximate surface area is 114 Å². The van der Waals surface area contributed by atoms with Crippen LogP contribution in [0.15, 0.2) is 30.5 Å². The minimum absolute atomic E-state index is 0.0101. The third kappa shape index (κ3) is 2.82. The summed E-state index contributed by atoms with van der Waals surface area (Å²) >= 11 is 0. The van der Waals surface area contributed by atoms with E-state index in [0.717, 1.165) is 26.0 Å². The Hall–Kier alpha value is -1.32. The van der Waals surface area contributed by atoms with Crippen molar-refractivity contribution in [3.05, 3.63) is 36.0 Å². The molecule has 1 aromatic heterocycles. The smallest absolute Gasteiger partial charge is 0.0641 e. The number of ether oxygens (including phenoxy) is 1. The van der Waals surface area contributed by atoms with Gasteiger partial charge in [-0.1, -0.05) is 18.2 Å². The average molecular weight is 258 g/mol. The molecule has 0 bridgehead atoms. The summed E-state index contributed by atoms with van der Waals surface area (Å²) in [4.78, 5) is 3.33. The molecule has 1 fully saturated rings. The molecule has 3 nitrogen and oxygen atoms in total. The second-order valence-electron chi connectivity index (χ2n) is 6.04. The fraction of sp³-hybridized carbons (Fsp3) is 0.500. The van der Waals surface area contributed by atoms with E-state index in [1.807, 2.05) is 0 Å². The van der Waals surface area contributed by atoms with Gasteiger partial charge in [-0.3, -0.25) is 0 Å². The van der Waals surface area contributed by atoms with Crippen LogP contribution in [0.1, 0.15) is 32.3 Å². The summed E-state index contributed by atoms with van der Waals surface area (Å²) in [6.07, 6.45) is 4.29. The van der Waals surface area contributed by atoms with Crippen molar-refractivity contribution in [2.45, 2.75) is 44.9 Å². The number of benzene rings is 1. The van der Waals surface area contributed by atoms with Gasteiger partial charge in [0.15, 0.2) is 0 Å². The highest BCUT2D eigenvalue weighted by molar-refractivity contribution is 5.82. The molecule has 2 heterocycles. The molecule has 1 aliphatic rings. The van der Waals surface area contributed by atoms with Gasteiger partial charge < -0.3 is 15.0 Å². The summed E-state index contributed by atoms with van der Waals surface area (Å²) in [5.41, 5.74) is 2.57. The number of para-hydroxylation sites is 1. The molecule has 2 aromatic rings. The van der Waals surface area contributed by atoms with Gasteiger partial charge in [-0.25, -0.2) is 0 Å². The Kier molecular flexibility index (Phi) is 3.33. The summed E-state index contributed by atoms with van der Waals surface area (Å²) in [6.45, 7) is 6.13. The average Bonchev–Trinajstić information content (AvgIpc) is 2.78. The molecule has 1 saturated heterocycles. The van der Waals surface area contributed by atoms with E-state index in [1.54, 1.807) is 0 Å². The van der Waals surface area contributed by atoms with Crippen molar-refractivity contribution in [3.8, 4) is 0 Å². The number of aromatic nitrogens is 1. The first-order valence-electron chi connectivity index (χ1n) is 7.06. The Balaban J connectivity index is 1.66. The molecule has 2 N–H and O–H groups in total. The lowest BCUT2D eigenvalue weighted by Gasteiger charge is -2.36. The van der Waals surface area contributed by atoms with Gasteiger partial charge in [0.25, 0.3) is 0 Å². The van der Waals surface area contributed by atoms with Crippen LogP contribution in [0.2, 0.25) is 0 Å². The molecule has 1 aromatic carbocycles. The highest BCUT2D eigenvalue weighted by Gasteiger charge is 2.28. The summed E-state index contributed by atoms with van der Waals surface area (Å²) in [5.74, 6) is 0. The maximum absolute atomic E-state index is 5.76. The standard InChI is InChI=1S/C16H22N2O/c1-16(2)9-13(7-8-19-16)17-10-12-11-18-15-6-4-3-5-14(12)15/h3-6,11,13,17-18H,7-10H2,1-2H3. The fourth-order valence-corrected chi connectivity index (χ4v) is 2.94. The molecule has 3 rings (SSSR count). The van der Waals surface area contributed by atoms with Crippen LogP contribution in [0, 0.1) is 0 Å². The molecule has 1 atom stereocenters. The number of aromatic amines is 1. The van der Waals surface area contributed by atoms with Crippen LogP contribution in [0.25, 0.3) is 10.9 Å². The molecule has 0 saturated carbocycles. The number of hydrogen-bond donors (Lipinski definition) is 2. The van der Waals surface area contributed by atoms with Crippen molar-refractivity contribution in [2.75, 3.05) is 6.61 Å². The predicted molar refractivity (Wildman–Crippen MR) is 78.2 cm³/mol. The van der Waals surface area contributed by atoms with E-state index in [4.69, 9.17) is 4.74 Å². The van der Waals surface area contributed by atoms with Gasteiger partial charge in [0, 0.05) is 36.3 Å². The van der Waals surface area contributed by atoms with Gasteiger partial charge in [-0.2, -0.15) is 0 Å². The number of H-pyrrole nitrogens is 1. The number of hydrogen-bond acceptors (Lipinski definition) is 2. The van der Waals surface area contributed by atoms with Crippen LogP contribution in [0.5, 0.6) is 0 Å². The quantitative estimate of drug-likeness (QED) is 0.887. The number of fused-ring (bicyclic) bond motifs is 1. The lowest BCUT2D eigenvalue weighted by atomic mass is 9.94. The predicted octanol–water partition coefficient (Wildman–Crippen LogP) is 3.22. The van der Waals surface area contributed by atoms with Crippen molar-refractivity contribution in [1.29, 1.82) is 0 Å². The van der Waals surface area contributed by atoms with Crippen LogP contribution in [0.4, 0.5) is 0 Å². The molecular formula is C16H22N2O. The highest BCUT2D eigenvalue weighted by Crippen LogP contribution is 2.24. The third-order valence-corrected chi connectivity index (χ3v) is 3.95. The van der Waals surface area contributed by atoms with E-state index >= 15 is 0 Å². The Morgan fingerprint density at radius 3 is 3.05 bits per heavy atom. The van der Waals surface area contributed by atoms with Crippen LogP contribution in [-0.4, -0.2) is 23.2 Å². The van der Waals surface area contributed by atoms with Crippen LogP contribution < -0.4 is 5.32 Å². The van der Waals surface area contributed by atoms with Crippen LogP contribution >= 0.6 is 0 Å². The highest BCUT2D eigenvalue weighted by atomic mass is 16.5. The Morgan fingerprint density at radius 2 is 2.21 bits per heavy atom. The minimum atomic E-state index is 0.0101. The fourth-order valence-electron chi connectivity index (χ4n) is 2.94. The first kappa shape index (κ1) is 12.7. The van der Waals surface area contributed by atoms with E-state index in [9.17, 15) is 0 Å². The maximum Gasteiger partial charge on any atom is 0.0641 e. The molecule has 0 amide bonds. The zero-order valence-corrected chi connectivity index (χ0v) is 11.7. The van der Waals surface area contributed by atoms with Crippen molar-refractivity contribution < 1.29 is 4.74 Å². The SMILES string of the molecule is CC1(C)CC(NCc2c[nH]c3ccccc23)CCO1. The summed E-state index contributed by atoms with van der Waals surface area (Å²) in [6, 6.07) is 9.01. The van der Waals surface area contributed by atoms with Gasteiger partial charge in [0.1, 0.15) is 0 Å². The van der Waals surface area contributed by atoms with E-state index in [-0.39, 0.29) is 5.60 Å². The summed E-state index contributed by atoms with van der Waals surface area (Å²) < 4.78 is 5.76. The first-order chi connectivity index (χ1) is 9.14. The third-order valence-electron chi connectivity index (χ3n) is 3.95. The van der Waals surface area contributed by atoms with E-state index in [2.05, 4.69) is 54.6 Å². The number of nitrogens with one attached hydrogen (secondary N) is 2. The second kappa shape index (κ2) is 4.99. The van der Waals surface area contributed by atoms with E-state index < -0.39 is 0 Å². The van der Waals surface area contributed by atoms with Gasteiger partial charge >= 0.3 is 0 Å². The van der Waals surface area contributed by atoms with E-state index in [0.29, 0.717) is 6.04 Å². The molecule has 0 aliphatic carbocycles. The Morgan fingerprint density at radius 1 is 1.37 bits per heavy atom. The largest absolute Gasteiger partial charge is 0.375 e. The molecule has 102 valence electrons. The van der Waals surface area contributed by atoms with Gasteiger partial charge in [-0.05, 0) is 38.3 Å². The van der Waals surface area contributed by atoms with Gasteiger partial charge in [-0.15, -0.1) is 0 Å². The molecule has 19 heavy (non-hydrogen) atoms. The van der Waals surface area contributed by atoms with Crippen LogP contribution in [0.3, 0.4) is 0 Å². The van der Waals surface area contributed by atoms with Crippen molar-refractivity contribution in [1.82, 2.24) is 10.3 Å². The lowest BCUT2D eigenvalue weighted by molar-refractivity contribution is -0.0630. The minimum Gasteiger partial charge on any atom is -0.375 e. The molecule has 0 radical (unpaired) electrons. The lowest BCUT2D eigenvalue weighted by Crippen LogP contribution is -2.43. The second-order valence-corrected chi connectivity index (χ2v) is 6.04. The summed E-state index contributed by atoms with van der Waals surface area (Å²) in [7, 11) is 0.